The van der Waals surface area contributed by atoms with Crippen LogP contribution < -0.4 is 5.32 Å². The number of anilines is 1. The zero-order valence-corrected chi connectivity index (χ0v) is 16.3. The first kappa shape index (κ1) is 21.7. The SMILES string of the molecule is CSCCN(C)C(=O)c1cc(NC(=O)c2cnc(C)cn2)cc(C(F)(F)F)c1. The third-order valence-corrected chi connectivity index (χ3v) is 4.35. The van der Waals surface area contributed by atoms with Gasteiger partial charge in [-0.05, 0) is 31.4 Å². The number of nitrogens with zero attached hydrogens (tertiary/aromatic N) is 3. The minimum absolute atomic E-state index is 0.0482. The first-order valence-corrected chi connectivity index (χ1v) is 9.58. The topological polar surface area (TPSA) is 75.2 Å². The molecule has 1 aromatic heterocycles. The zero-order valence-electron chi connectivity index (χ0n) is 15.5. The van der Waals surface area contributed by atoms with Crippen molar-refractivity contribution < 1.29 is 22.8 Å². The number of aromatic nitrogens is 2. The van der Waals surface area contributed by atoms with E-state index in [1.54, 1.807) is 6.92 Å². The molecule has 0 fully saturated rings. The third kappa shape index (κ3) is 5.69. The Bertz CT molecular complexity index is 857. The number of thioether (sulfide) groups is 1. The fraction of sp³-hybridized carbons (Fsp3) is 0.333. The number of hydrogen-bond acceptors (Lipinski definition) is 5. The molecule has 2 aromatic rings. The van der Waals surface area contributed by atoms with Crippen molar-refractivity contribution in [2.24, 2.45) is 0 Å². The lowest BCUT2D eigenvalue weighted by molar-refractivity contribution is -0.137. The van der Waals surface area contributed by atoms with Crippen LogP contribution in [0.5, 0.6) is 0 Å². The molecule has 0 saturated carbocycles. The van der Waals surface area contributed by atoms with E-state index in [-0.39, 0.29) is 16.9 Å². The highest BCUT2D eigenvalue weighted by molar-refractivity contribution is 7.98. The van der Waals surface area contributed by atoms with Gasteiger partial charge in [0.05, 0.1) is 17.5 Å². The summed E-state index contributed by atoms with van der Waals surface area (Å²) in [7, 11) is 1.51. The molecule has 0 atom stereocenters. The molecule has 0 bridgehead atoms. The zero-order chi connectivity index (χ0) is 20.9. The molecule has 0 spiro atoms. The van der Waals surface area contributed by atoms with Crippen molar-refractivity contribution in [3.8, 4) is 0 Å². The van der Waals surface area contributed by atoms with E-state index in [0.717, 1.165) is 12.1 Å². The van der Waals surface area contributed by atoms with E-state index < -0.39 is 23.6 Å². The highest BCUT2D eigenvalue weighted by atomic mass is 32.2. The molecule has 1 heterocycles. The first-order valence-electron chi connectivity index (χ1n) is 8.18. The summed E-state index contributed by atoms with van der Waals surface area (Å²) in [6, 6.07) is 2.77. The highest BCUT2D eigenvalue weighted by Gasteiger charge is 2.32. The average molecular weight is 412 g/mol. The second-order valence-corrected chi connectivity index (χ2v) is 7.00. The molecular formula is C18H19F3N4O2S. The molecule has 0 radical (unpaired) electrons. The van der Waals surface area contributed by atoms with Gasteiger partial charge in [0.2, 0.25) is 0 Å². The number of carbonyl (C=O) groups excluding carboxylic acids is 2. The Balaban J connectivity index is 2.34. The summed E-state index contributed by atoms with van der Waals surface area (Å²) in [4.78, 5) is 33.9. The Morgan fingerprint density at radius 1 is 1.18 bits per heavy atom. The van der Waals surface area contributed by atoms with Gasteiger partial charge in [-0.2, -0.15) is 24.9 Å². The number of halogens is 3. The van der Waals surface area contributed by atoms with E-state index >= 15 is 0 Å². The smallest absolute Gasteiger partial charge is 0.341 e. The highest BCUT2D eigenvalue weighted by Crippen LogP contribution is 2.32. The molecule has 1 N–H and O–H groups in total. The molecule has 28 heavy (non-hydrogen) atoms. The van der Waals surface area contributed by atoms with Gasteiger partial charge in [-0.3, -0.25) is 14.6 Å². The molecule has 2 rings (SSSR count). The van der Waals surface area contributed by atoms with Crippen molar-refractivity contribution in [2.75, 3.05) is 30.9 Å². The average Bonchev–Trinajstić information content (AvgIpc) is 2.65. The quantitative estimate of drug-likeness (QED) is 0.786. The maximum atomic E-state index is 13.3. The Labute approximate surface area is 164 Å². The van der Waals surface area contributed by atoms with Crippen LogP contribution >= 0.6 is 11.8 Å². The summed E-state index contributed by atoms with van der Waals surface area (Å²) in [5, 5.41) is 2.35. The van der Waals surface area contributed by atoms with Crippen molar-refractivity contribution in [3.63, 3.8) is 0 Å². The van der Waals surface area contributed by atoms with Gasteiger partial charge >= 0.3 is 6.18 Å². The van der Waals surface area contributed by atoms with Crippen LogP contribution in [0, 0.1) is 6.92 Å². The van der Waals surface area contributed by atoms with Crippen molar-refractivity contribution in [2.45, 2.75) is 13.1 Å². The fourth-order valence-electron chi connectivity index (χ4n) is 2.24. The molecule has 0 aliphatic rings. The molecule has 2 amide bonds. The normalized spacial score (nSPS) is 11.2. The van der Waals surface area contributed by atoms with Crippen LogP contribution in [0.1, 0.15) is 32.1 Å². The van der Waals surface area contributed by atoms with Crippen molar-refractivity contribution >= 4 is 29.3 Å². The van der Waals surface area contributed by atoms with Gasteiger partial charge in [0.1, 0.15) is 5.69 Å². The lowest BCUT2D eigenvalue weighted by Crippen LogP contribution is -2.29. The minimum Gasteiger partial charge on any atom is -0.341 e. The van der Waals surface area contributed by atoms with Gasteiger partial charge < -0.3 is 10.2 Å². The van der Waals surface area contributed by atoms with Crippen LogP contribution in [0.4, 0.5) is 18.9 Å². The Kier molecular flexibility index (Phi) is 7.00. The lowest BCUT2D eigenvalue weighted by Gasteiger charge is -2.18. The van der Waals surface area contributed by atoms with Gasteiger partial charge in [0, 0.05) is 36.8 Å². The Morgan fingerprint density at radius 2 is 1.89 bits per heavy atom. The summed E-state index contributed by atoms with van der Waals surface area (Å²) in [5.41, 5.74) is -0.792. The maximum absolute atomic E-state index is 13.3. The van der Waals surface area contributed by atoms with E-state index in [1.807, 2.05) is 6.26 Å². The number of benzene rings is 1. The van der Waals surface area contributed by atoms with E-state index in [2.05, 4.69) is 15.3 Å². The molecule has 150 valence electrons. The van der Waals surface area contributed by atoms with Crippen molar-refractivity contribution in [1.82, 2.24) is 14.9 Å². The van der Waals surface area contributed by atoms with Gasteiger partial charge in [0.15, 0.2) is 0 Å². The second-order valence-electron chi connectivity index (χ2n) is 6.01. The van der Waals surface area contributed by atoms with Crippen LogP contribution in [-0.4, -0.2) is 52.3 Å². The summed E-state index contributed by atoms with van der Waals surface area (Å²) >= 11 is 1.52. The van der Waals surface area contributed by atoms with Gasteiger partial charge in [-0.1, -0.05) is 0 Å². The molecule has 10 heteroatoms. The molecule has 6 nitrogen and oxygen atoms in total. The number of carbonyl (C=O) groups is 2. The summed E-state index contributed by atoms with van der Waals surface area (Å²) in [6.07, 6.45) is -0.210. The first-order chi connectivity index (χ1) is 13.1. The summed E-state index contributed by atoms with van der Waals surface area (Å²) in [6.45, 7) is 2.07. The van der Waals surface area contributed by atoms with E-state index in [9.17, 15) is 22.8 Å². The number of aryl methyl sites for hydroxylation is 1. The summed E-state index contributed by atoms with van der Waals surface area (Å²) < 4.78 is 39.8. The predicted octanol–water partition coefficient (Wildman–Crippen LogP) is 3.49. The molecular weight excluding hydrogens is 393 g/mol. The van der Waals surface area contributed by atoms with Crippen LogP contribution in [0.15, 0.2) is 30.6 Å². The standard InChI is InChI=1S/C18H19F3N4O2S/c1-11-9-23-15(10-22-11)16(26)24-14-7-12(6-13(8-14)18(19,20)21)17(27)25(2)4-5-28-3/h6-10H,4-5H2,1-3H3,(H,24,26). The van der Waals surface area contributed by atoms with Crippen LogP contribution in [0.3, 0.4) is 0 Å². The third-order valence-electron chi connectivity index (χ3n) is 3.76. The Morgan fingerprint density at radius 3 is 2.46 bits per heavy atom. The lowest BCUT2D eigenvalue weighted by atomic mass is 10.1. The largest absolute Gasteiger partial charge is 0.416 e. The van der Waals surface area contributed by atoms with E-state index in [1.165, 1.54) is 42.2 Å². The van der Waals surface area contributed by atoms with Gasteiger partial charge in [-0.25, -0.2) is 4.98 Å². The number of nitrogens with one attached hydrogen (secondary N) is 1. The molecule has 0 saturated heterocycles. The Hall–Kier alpha value is -2.62. The minimum atomic E-state index is -4.67. The predicted molar refractivity (Wildman–Crippen MR) is 102 cm³/mol. The van der Waals surface area contributed by atoms with Gasteiger partial charge in [0.25, 0.3) is 11.8 Å². The molecule has 0 unspecified atom stereocenters. The van der Waals surface area contributed by atoms with E-state index in [4.69, 9.17) is 0 Å². The summed E-state index contributed by atoms with van der Waals surface area (Å²) in [5.74, 6) is -0.636. The number of hydrogen-bond donors (Lipinski definition) is 1. The van der Waals surface area contributed by atoms with E-state index in [0.29, 0.717) is 18.0 Å². The number of alkyl halides is 3. The van der Waals surface area contributed by atoms with Gasteiger partial charge in [-0.15, -0.1) is 0 Å². The number of rotatable bonds is 6. The monoisotopic (exact) mass is 412 g/mol. The van der Waals surface area contributed by atoms with Crippen molar-refractivity contribution in [1.29, 1.82) is 0 Å². The molecule has 0 aliphatic heterocycles. The maximum Gasteiger partial charge on any atom is 0.416 e. The second kappa shape index (κ2) is 9.05. The van der Waals surface area contributed by atoms with Crippen LogP contribution in [-0.2, 0) is 6.18 Å². The fourth-order valence-corrected chi connectivity index (χ4v) is 2.70. The molecule has 0 aliphatic carbocycles. The molecule has 1 aromatic carbocycles. The van der Waals surface area contributed by atoms with Crippen molar-refractivity contribution in [3.05, 3.63) is 53.1 Å². The number of amides is 2. The van der Waals surface area contributed by atoms with Crippen LogP contribution in [0.2, 0.25) is 0 Å². The van der Waals surface area contributed by atoms with Crippen LogP contribution in [0.25, 0.3) is 0 Å².